The Hall–Kier alpha value is -2.42. The summed E-state index contributed by atoms with van der Waals surface area (Å²) in [6.07, 6.45) is 1.68. The number of amides is 1. The number of ether oxygens (including phenoxy) is 1. The van der Waals surface area contributed by atoms with E-state index in [9.17, 15) is 18.3 Å². The molecule has 1 aliphatic heterocycles. The van der Waals surface area contributed by atoms with E-state index in [2.05, 4.69) is 10.0 Å². The number of carbonyl (C=O) groups is 1. The third kappa shape index (κ3) is 5.38. The van der Waals surface area contributed by atoms with E-state index in [0.717, 1.165) is 18.4 Å². The van der Waals surface area contributed by atoms with Crippen molar-refractivity contribution in [2.45, 2.75) is 50.0 Å². The highest BCUT2D eigenvalue weighted by Gasteiger charge is 2.21. The number of hydrogen-bond donors (Lipinski definition) is 3. The molecule has 3 N–H and O–H groups in total. The first-order valence-corrected chi connectivity index (χ1v) is 11.4. The Morgan fingerprint density at radius 3 is 2.47 bits per heavy atom. The first-order chi connectivity index (χ1) is 14.1. The van der Waals surface area contributed by atoms with Crippen molar-refractivity contribution in [2.24, 2.45) is 0 Å². The Kier molecular flexibility index (Phi) is 6.50. The van der Waals surface area contributed by atoms with Crippen molar-refractivity contribution >= 4 is 21.6 Å². The Labute approximate surface area is 177 Å². The summed E-state index contributed by atoms with van der Waals surface area (Å²) in [6, 6.07) is 10.8. The van der Waals surface area contributed by atoms with Crippen molar-refractivity contribution in [3.05, 3.63) is 53.6 Å². The second-order valence-corrected chi connectivity index (χ2v) is 10.2. The van der Waals surface area contributed by atoms with E-state index < -0.39 is 15.9 Å². The summed E-state index contributed by atoms with van der Waals surface area (Å²) in [5.41, 5.74) is 1.42. The largest absolute Gasteiger partial charge is 0.506 e. The second kappa shape index (κ2) is 8.75. The molecule has 0 spiro atoms. The fourth-order valence-corrected chi connectivity index (χ4v) is 4.24. The lowest BCUT2D eigenvalue weighted by Crippen LogP contribution is -2.31. The molecule has 0 bridgehead atoms. The van der Waals surface area contributed by atoms with Crippen LogP contribution in [0.25, 0.3) is 0 Å². The number of rotatable bonds is 6. The maximum absolute atomic E-state index is 12.6. The van der Waals surface area contributed by atoms with Crippen LogP contribution in [0.1, 0.15) is 49.5 Å². The lowest BCUT2D eigenvalue weighted by molar-refractivity contribution is 0.102. The van der Waals surface area contributed by atoms with E-state index in [1.54, 1.807) is 12.1 Å². The Bertz CT molecular complexity index is 1000. The maximum atomic E-state index is 12.6. The van der Waals surface area contributed by atoms with Gasteiger partial charge in [-0.25, -0.2) is 13.1 Å². The normalized spacial score (nSPS) is 17.1. The molecule has 2 aromatic rings. The number of benzene rings is 2. The maximum Gasteiger partial charge on any atom is 0.255 e. The van der Waals surface area contributed by atoms with E-state index in [1.807, 2.05) is 26.8 Å². The molecule has 0 aliphatic carbocycles. The van der Waals surface area contributed by atoms with Crippen LogP contribution in [0.5, 0.6) is 5.75 Å². The summed E-state index contributed by atoms with van der Waals surface area (Å²) < 4.78 is 32.9. The van der Waals surface area contributed by atoms with Crippen LogP contribution in [0.2, 0.25) is 0 Å². The minimum absolute atomic E-state index is 0.0334. The Balaban J connectivity index is 1.69. The highest BCUT2D eigenvalue weighted by atomic mass is 32.2. The molecule has 0 radical (unpaired) electrons. The lowest BCUT2D eigenvalue weighted by Gasteiger charge is -2.20. The average molecular weight is 433 g/mol. The molecular weight excluding hydrogens is 404 g/mol. The van der Waals surface area contributed by atoms with Gasteiger partial charge in [0.1, 0.15) is 5.75 Å². The number of phenolic OH excluding ortho intramolecular Hbond substituents is 1. The highest BCUT2D eigenvalue weighted by Crippen LogP contribution is 2.31. The zero-order valence-electron chi connectivity index (χ0n) is 17.4. The molecule has 0 saturated carbocycles. The average Bonchev–Trinajstić information content (AvgIpc) is 3.21. The minimum Gasteiger partial charge on any atom is -0.506 e. The van der Waals surface area contributed by atoms with Gasteiger partial charge in [0, 0.05) is 18.7 Å². The highest BCUT2D eigenvalue weighted by molar-refractivity contribution is 7.89. The summed E-state index contributed by atoms with van der Waals surface area (Å²) >= 11 is 0. The molecule has 1 heterocycles. The molecule has 0 aromatic heterocycles. The smallest absolute Gasteiger partial charge is 0.255 e. The van der Waals surface area contributed by atoms with Gasteiger partial charge in [0.05, 0.1) is 16.7 Å². The quantitative estimate of drug-likeness (QED) is 0.607. The van der Waals surface area contributed by atoms with Crippen molar-refractivity contribution in [1.29, 1.82) is 0 Å². The molecule has 30 heavy (non-hydrogen) atoms. The van der Waals surface area contributed by atoms with E-state index in [1.165, 1.54) is 24.3 Å². The molecule has 1 amide bonds. The van der Waals surface area contributed by atoms with Gasteiger partial charge in [-0.1, -0.05) is 26.8 Å². The van der Waals surface area contributed by atoms with E-state index in [0.29, 0.717) is 12.3 Å². The van der Waals surface area contributed by atoms with Crippen molar-refractivity contribution in [2.75, 3.05) is 18.5 Å². The molecule has 7 nitrogen and oxygen atoms in total. The number of sulfonamides is 1. The van der Waals surface area contributed by atoms with Crippen molar-refractivity contribution in [3.8, 4) is 5.75 Å². The molecule has 8 heteroatoms. The zero-order valence-corrected chi connectivity index (χ0v) is 18.3. The predicted molar refractivity (Wildman–Crippen MR) is 115 cm³/mol. The number of phenols is 1. The topological polar surface area (TPSA) is 105 Å². The summed E-state index contributed by atoms with van der Waals surface area (Å²) in [5.74, 6) is -0.471. The molecule has 3 rings (SSSR count). The number of anilines is 1. The van der Waals surface area contributed by atoms with Gasteiger partial charge in [0.2, 0.25) is 10.0 Å². The van der Waals surface area contributed by atoms with Crippen LogP contribution in [0, 0.1) is 0 Å². The third-order valence-corrected chi connectivity index (χ3v) is 6.50. The molecule has 162 valence electrons. The summed E-state index contributed by atoms with van der Waals surface area (Å²) in [5, 5.41) is 12.8. The van der Waals surface area contributed by atoms with Gasteiger partial charge >= 0.3 is 0 Å². The second-order valence-electron chi connectivity index (χ2n) is 8.45. The summed E-state index contributed by atoms with van der Waals surface area (Å²) in [4.78, 5) is 12.7. The Morgan fingerprint density at radius 2 is 1.87 bits per heavy atom. The van der Waals surface area contributed by atoms with Gasteiger partial charge in [-0.05, 0) is 60.2 Å². The van der Waals surface area contributed by atoms with Gasteiger partial charge in [-0.15, -0.1) is 0 Å². The van der Waals surface area contributed by atoms with Crippen molar-refractivity contribution < 1.29 is 23.1 Å². The third-order valence-electron chi connectivity index (χ3n) is 5.06. The number of aromatic hydroxyl groups is 1. The zero-order chi connectivity index (χ0) is 21.9. The van der Waals surface area contributed by atoms with Crippen LogP contribution in [0.15, 0.2) is 47.4 Å². The predicted octanol–water partition coefficient (Wildman–Crippen LogP) is 3.40. The van der Waals surface area contributed by atoms with Crippen LogP contribution in [-0.4, -0.2) is 38.7 Å². The number of carbonyl (C=O) groups excluding carboxylic acids is 1. The van der Waals surface area contributed by atoms with E-state index in [4.69, 9.17) is 4.74 Å². The van der Waals surface area contributed by atoms with Gasteiger partial charge in [-0.3, -0.25) is 4.79 Å². The van der Waals surface area contributed by atoms with Crippen LogP contribution in [-0.2, 0) is 20.2 Å². The van der Waals surface area contributed by atoms with Gasteiger partial charge in [0.25, 0.3) is 5.91 Å². The fourth-order valence-electron chi connectivity index (χ4n) is 3.17. The Morgan fingerprint density at radius 1 is 1.17 bits per heavy atom. The SMILES string of the molecule is CC(C)(C)c1ccc(O)c(NC(=O)c2ccc(S(=O)(=O)NCC3CCCO3)cc2)c1. The van der Waals surface area contributed by atoms with Gasteiger partial charge < -0.3 is 15.2 Å². The standard InChI is InChI=1S/C22H28N2O5S/c1-22(2,3)16-8-11-20(25)19(13-16)24-21(26)15-6-9-18(10-7-15)30(27,28)23-14-17-5-4-12-29-17/h6-11,13,17,23,25H,4-5,12,14H2,1-3H3,(H,24,26). The monoisotopic (exact) mass is 432 g/mol. The summed E-state index contributed by atoms with van der Waals surface area (Å²) in [7, 11) is -3.68. The van der Waals surface area contributed by atoms with E-state index in [-0.39, 0.29) is 34.3 Å². The molecule has 1 atom stereocenters. The lowest BCUT2D eigenvalue weighted by atomic mass is 9.87. The van der Waals surface area contributed by atoms with Crippen LogP contribution >= 0.6 is 0 Å². The molecule has 1 saturated heterocycles. The molecular formula is C22H28N2O5S. The van der Waals surface area contributed by atoms with Gasteiger partial charge in [-0.2, -0.15) is 0 Å². The minimum atomic E-state index is -3.68. The van der Waals surface area contributed by atoms with Crippen LogP contribution < -0.4 is 10.0 Å². The number of hydrogen-bond acceptors (Lipinski definition) is 5. The van der Waals surface area contributed by atoms with Crippen molar-refractivity contribution in [1.82, 2.24) is 4.72 Å². The number of nitrogens with one attached hydrogen (secondary N) is 2. The van der Waals surface area contributed by atoms with Crippen LogP contribution in [0.3, 0.4) is 0 Å². The first kappa shape index (κ1) is 22.3. The first-order valence-electron chi connectivity index (χ1n) is 9.92. The van der Waals surface area contributed by atoms with Crippen LogP contribution in [0.4, 0.5) is 5.69 Å². The van der Waals surface area contributed by atoms with Crippen molar-refractivity contribution in [3.63, 3.8) is 0 Å². The molecule has 2 aromatic carbocycles. The van der Waals surface area contributed by atoms with E-state index >= 15 is 0 Å². The fraction of sp³-hybridized carbons (Fsp3) is 0.409. The molecule has 1 unspecified atom stereocenters. The molecule has 1 fully saturated rings. The molecule has 1 aliphatic rings. The van der Waals surface area contributed by atoms with Gasteiger partial charge in [0.15, 0.2) is 0 Å². The summed E-state index contributed by atoms with van der Waals surface area (Å²) in [6.45, 7) is 7.00.